The first-order chi connectivity index (χ1) is 28.7. The molecule has 0 N–H and O–H groups in total. The zero-order chi connectivity index (χ0) is 38.4. The summed E-state index contributed by atoms with van der Waals surface area (Å²) in [5.41, 5.74) is 11.9. The summed E-state index contributed by atoms with van der Waals surface area (Å²) in [6.45, 7) is 0. The Balaban J connectivity index is 0.898. The molecule has 0 saturated heterocycles. The number of benzene rings is 8. The van der Waals surface area contributed by atoms with Gasteiger partial charge in [-0.15, -0.1) is 34.0 Å². The number of fused-ring (bicyclic) bond motifs is 3. The molecule has 0 saturated carbocycles. The van der Waals surface area contributed by atoms with E-state index in [-0.39, 0.29) is 0 Å². The molecule has 0 aliphatic carbocycles. The van der Waals surface area contributed by atoms with E-state index in [1.807, 2.05) is 34.0 Å². The van der Waals surface area contributed by atoms with Crippen LogP contribution < -0.4 is 4.90 Å². The van der Waals surface area contributed by atoms with Crippen molar-refractivity contribution in [3.63, 3.8) is 0 Å². The highest BCUT2D eigenvalue weighted by Crippen LogP contribution is 2.41. The molecule has 3 heterocycles. The third-order valence-corrected chi connectivity index (χ3v) is 14.4. The molecule has 0 aliphatic rings. The Labute approximate surface area is 350 Å². The topological polar surface area (TPSA) is 3.24 Å². The lowest BCUT2D eigenvalue weighted by Gasteiger charge is -2.26. The van der Waals surface area contributed by atoms with Gasteiger partial charge in [0.25, 0.3) is 0 Å². The molecule has 0 atom stereocenters. The molecule has 58 heavy (non-hydrogen) atoms. The normalized spacial score (nSPS) is 11.4. The van der Waals surface area contributed by atoms with Gasteiger partial charge < -0.3 is 4.90 Å². The quantitative estimate of drug-likeness (QED) is 0.148. The highest BCUT2D eigenvalue weighted by atomic mass is 32.1. The van der Waals surface area contributed by atoms with Gasteiger partial charge in [0.05, 0.1) is 0 Å². The van der Waals surface area contributed by atoms with Gasteiger partial charge in [0.2, 0.25) is 0 Å². The van der Waals surface area contributed by atoms with Gasteiger partial charge in [-0.05, 0) is 128 Å². The third kappa shape index (κ3) is 6.61. The minimum absolute atomic E-state index is 1.11. The molecule has 11 aromatic rings. The van der Waals surface area contributed by atoms with Crippen LogP contribution in [0.1, 0.15) is 0 Å². The number of thiophene rings is 3. The summed E-state index contributed by atoms with van der Waals surface area (Å²) in [4.78, 5) is 6.24. The molecule has 0 fully saturated rings. The van der Waals surface area contributed by atoms with E-state index in [1.165, 1.54) is 83.8 Å². The Hall–Kier alpha value is -6.56. The van der Waals surface area contributed by atoms with Gasteiger partial charge in [0, 0.05) is 45.8 Å². The van der Waals surface area contributed by atoms with Crippen molar-refractivity contribution in [2.45, 2.75) is 0 Å². The highest BCUT2D eigenvalue weighted by molar-refractivity contribution is 7.23. The molecule has 4 heteroatoms. The molecule has 1 nitrogen and oxygen atoms in total. The molecule has 0 spiro atoms. The summed E-state index contributed by atoms with van der Waals surface area (Å²) in [5.74, 6) is 0. The SMILES string of the molecule is c1ccc2sc(-c3ccc(-c4ccc(N(c5ccc(-c6ccc(-c7cc8ccccc8s7)cc6)cc5)c5ccc(-c6cc7ccccc7s6)cc5)cc4)cc3)cc2c1. The zero-order valence-electron chi connectivity index (χ0n) is 31.4. The van der Waals surface area contributed by atoms with Gasteiger partial charge >= 0.3 is 0 Å². The first-order valence-corrected chi connectivity index (χ1v) is 21.9. The van der Waals surface area contributed by atoms with Crippen molar-refractivity contribution < 1.29 is 0 Å². The van der Waals surface area contributed by atoms with Crippen molar-refractivity contribution >= 4 is 81.3 Å². The van der Waals surface area contributed by atoms with Gasteiger partial charge in [-0.1, -0.05) is 140 Å². The van der Waals surface area contributed by atoms with Crippen molar-refractivity contribution in [1.82, 2.24) is 0 Å². The molecule has 0 bridgehead atoms. The predicted molar refractivity (Wildman–Crippen MR) is 254 cm³/mol. The minimum Gasteiger partial charge on any atom is -0.311 e. The van der Waals surface area contributed by atoms with Gasteiger partial charge in [-0.25, -0.2) is 0 Å². The van der Waals surface area contributed by atoms with Crippen molar-refractivity contribution in [3.05, 3.63) is 212 Å². The Bertz CT molecular complexity index is 2920. The van der Waals surface area contributed by atoms with E-state index in [2.05, 4.69) is 217 Å². The van der Waals surface area contributed by atoms with Crippen LogP contribution in [0.4, 0.5) is 17.1 Å². The number of nitrogens with zero attached hydrogens (tertiary/aromatic N) is 1. The lowest BCUT2D eigenvalue weighted by atomic mass is 10.0. The first-order valence-electron chi connectivity index (χ1n) is 19.5. The summed E-state index contributed by atoms with van der Waals surface area (Å²) in [6, 6.07) is 77.7. The van der Waals surface area contributed by atoms with Crippen LogP contribution in [-0.4, -0.2) is 0 Å². The summed E-state index contributed by atoms with van der Waals surface area (Å²) in [5, 5.41) is 3.89. The highest BCUT2D eigenvalue weighted by Gasteiger charge is 2.15. The number of rotatable bonds is 8. The predicted octanol–water partition coefficient (Wildman–Crippen LogP) is 17.1. The molecule has 3 aromatic heterocycles. The van der Waals surface area contributed by atoms with Crippen LogP contribution >= 0.6 is 34.0 Å². The maximum atomic E-state index is 2.36. The molecule has 8 aromatic carbocycles. The molecule has 0 radical (unpaired) electrons. The van der Waals surface area contributed by atoms with Crippen molar-refractivity contribution in [2.24, 2.45) is 0 Å². The van der Waals surface area contributed by atoms with Crippen LogP contribution in [-0.2, 0) is 0 Å². The largest absolute Gasteiger partial charge is 0.311 e. The average Bonchev–Trinajstić information content (AvgIpc) is 4.05. The fourth-order valence-corrected chi connectivity index (χ4v) is 11.1. The van der Waals surface area contributed by atoms with Crippen LogP contribution in [0.3, 0.4) is 0 Å². The average molecular weight is 794 g/mol. The van der Waals surface area contributed by atoms with Crippen LogP contribution in [0, 0.1) is 0 Å². The number of anilines is 3. The van der Waals surface area contributed by atoms with Crippen LogP contribution in [0.25, 0.3) is 83.8 Å². The summed E-state index contributed by atoms with van der Waals surface area (Å²) in [7, 11) is 0. The monoisotopic (exact) mass is 793 g/mol. The summed E-state index contributed by atoms with van der Waals surface area (Å²) in [6.07, 6.45) is 0. The van der Waals surface area contributed by atoms with Gasteiger partial charge in [-0.3, -0.25) is 0 Å². The second kappa shape index (κ2) is 14.7. The molecule has 0 aliphatic heterocycles. The zero-order valence-corrected chi connectivity index (χ0v) is 33.8. The van der Waals surface area contributed by atoms with E-state index in [9.17, 15) is 0 Å². The second-order valence-corrected chi connectivity index (χ2v) is 17.8. The summed E-state index contributed by atoms with van der Waals surface area (Å²) < 4.78 is 3.96. The van der Waals surface area contributed by atoms with Gasteiger partial charge in [0.15, 0.2) is 0 Å². The number of hydrogen-bond acceptors (Lipinski definition) is 4. The maximum absolute atomic E-state index is 2.36. The molecule has 0 amide bonds. The summed E-state index contributed by atoms with van der Waals surface area (Å²) >= 11 is 5.54. The van der Waals surface area contributed by atoms with Gasteiger partial charge in [0.1, 0.15) is 0 Å². The van der Waals surface area contributed by atoms with Crippen molar-refractivity contribution in [2.75, 3.05) is 4.90 Å². The lowest BCUT2D eigenvalue weighted by Crippen LogP contribution is -2.09. The molecule has 274 valence electrons. The van der Waals surface area contributed by atoms with E-state index in [1.54, 1.807) is 0 Å². The molecule has 0 unspecified atom stereocenters. The third-order valence-electron chi connectivity index (χ3n) is 10.9. The maximum Gasteiger partial charge on any atom is 0.0462 e. The van der Waals surface area contributed by atoms with Crippen LogP contribution in [0.2, 0.25) is 0 Å². The smallest absolute Gasteiger partial charge is 0.0462 e. The Morgan fingerprint density at radius 2 is 0.483 bits per heavy atom. The minimum atomic E-state index is 1.11. The van der Waals surface area contributed by atoms with E-state index < -0.39 is 0 Å². The van der Waals surface area contributed by atoms with Crippen LogP contribution in [0.5, 0.6) is 0 Å². The van der Waals surface area contributed by atoms with Crippen LogP contribution in [0.15, 0.2) is 212 Å². The Morgan fingerprint density at radius 3 is 0.776 bits per heavy atom. The van der Waals surface area contributed by atoms with E-state index in [0.717, 1.165) is 17.1 Å². The van der Waals surface area contributed by atoms with Crippen molar-refractivity contribution in [3.8, 4) is 53.6 Å². The Morgan fingerprint density at radius 1 is 0.241 bits per heavy atom. The van der Waals surface area contributed by atoms with Gasteiger partial charge in [-0.2, -0.15) is 0 Å². The standard InChI is InChI=1S/C54H35NS3/c1-4-10-49-43(7-1)33-52(56-49)40-17-13-36(14-18-40)38-21-27-46(28-22-38)55(48-31-25-42(26-32-48)54-35-45-9-3-6-12-51(45)58-54)47-29-23-39(24-30-47)37-15-19-41(20-16-37)53-34-44-8-2-5-11-50(44)57-53/h1-35H. The van der Waals surface area contributed by atoms with E-state index in [4.69, 9.17) is 0 Å². The fourth-order valence-electron chi connectivity index (χ4n) is 7.85. The van der Waals surface area contributed by atoms with E-state index in [0.29, 0.717) is 0 Å². The second-order valence-electron chi connectivity index (χ2n) is 14.6. The molecular weight excluding hydrogens is 759 g/mol. The first kappa shape index (κ1) is 34.7. The lowest BCUT2D eigenvalue weighted by molar-refractivity contribution is 1.28. The Kier molecular flexibility index (Phi) is 8.81. The number of hydrogen-bond donors (Lipinski definition) is 0. The van der Waals surface area contributed by atoms with Crippen molar-refractivity contribution in [1.29, 1.82) is 0 Å². The van der Waals surface area contributed by atoms with E-state index >= 15 is 0 Å². The molecule has 11 rings (SSSR count). The molecular formula is C54H35NS3. The fraction of sp³-hybridized carbons (Fsp3) is 0.